The van der Waals surface area contributed by atoms with Crippen LogP contribution in [0.4, 0.5) is 5.69 Å². The monoisotopic (exact) mass is 469 g/mol. The normalized spacial score (nSPS) is 15.0. The molecule has 1 atom stereocenters. The summed E-state index contributed by atoms with van der Waals surface area (Å²) in [5, 5.41) is 0. The molecule has 4 nitrogen and oxygen atoms in total. The number of benzene rings is 2. The Morgan fingerprint density at radius 3 is 2.52 bits per heavy atom. The van der Waals surface area contributed by atoms with E-state index in [1.165, 1.54) is 0 Å². The van der Waals surface area contributed by atoms with Gasteiger partial charge in [-0.15, -0.1) is 0 Å². The van der Waals surface area contributed by atoms with Gasteiger partial charge in [-0.05, 0) is 50.6 Å². The highest BCUT2D eigenvalue weighted by molar-refractivity contribution is 7.80. The summed E-state index contributed by atoms with van der Waals surface area (Å²) in [5.74, 6) is -0.00964. The molecule has 31 heavy (non-hydrogen) atoms. The summed E-state index contributed by atoms with van der Waals surface area (Å²) in [6.07, 6.45) is 0.764. The number of esters is 1. The lowest BCUT2D eigenvalue weighted by atomic mass is 9.86. The minimum atomic E-state index is -0.511. The molecule has 160 valence electrons. The lowest BCUT2D eigenvalue weighted by molar-refractivity contribution is -0.123. The summed E-state index contributed by atoms with van der Waals surface area (Å²) < 4.78 is 6.43. The van der Waals surface area contributed by atoms with Crippen LogP contribution in [-0.4, -0.2) is 11.9 Å². The fourth-order valence-corrected chi connectivity index (χ4v) is 7.08. The van der Waals surface area contributed by atoms with E-state index in [0.29, 0.717) is 11.3 Å². The Morgan fingerprint density at radius 2 is 1.84 bits per heavy atom. The van der Waals surface area contributed by atoms with Gasteiger partial charge in [0.15, 0.2) is 0 Å². The number of carbonyl (C=O) groups excluding carboxylic acids is 2. The van der Waals surface area contributed by atoms with Gasteiger partial charge in [-0.1, -0.05) is 64.9 Å². The van der Waals surface area contributed by atoms with Gasteiger partial charge in [-0.25, -0.2) is 4.79 Å². The maximum atomic E-state index is 13.4. The fourth-order valence-electron chi connectivity index (χ4n) is 3.80. The molecule has 0 N–H and O–H groups in total. The first kappa shape index (κ1) is 21.9. The molecule has 3 aromatic rings. The topological polar surface area (TPSA) is 46.6 Å². The molecule has 2 aromatic carbocycles. The summed E-state index contributed by atoms with van der Waals surface area (Å²) >= 11 is 5.66. The molecule has 0 bridgehead atoms. The molecular weight excluding hydrogens is 446 g/mol. The Labute approximate surface area is 194 Å². The first-order valence-electron chi connectivity index (χ1n) is 10.1. The third-order valence-electron chi connectivity index (χ3n) is 5.70. The predicted molar refractivity (Wildman–Crippen MR) is 130 cm³/mol. The smallest absolute Gasteiger partial charge is 0.343 e. The van der Waals surface area contributed by atoms with Crippen molar-refractivity contribution < 1.29 is 14.3 Å². The van der Waals surface area contributed by atoms with E-state index in [1.807, 2.05) is 36.9 Å². The van der Waals surface area contributed by atoms with Gasteiger partial charge < -0.3 is 9.64 Å². The first-order valence-corrected chi connectivity index (χ1v) is 12.7. The summed E-state index contributed by atoms with van der Waals surface area (Å²) in [7, 11) is 3.16. The quantitative estimate of drug-likeness (QED) is 0.178. The van der Waals surface area contributed by atoms with Crippen molar-refractivity contribution >= 4 is 50.5 Å². The molecule has 0 radical (unpaired) electrons. The van der Waals surface area contributed by atoms with E-state index in [2.05, 4.69) is 13.8 Å². The van der Waals surface area contributed by atoms with Gasteiger partial charge in [-0.2, -0.15) is 0 Å². The van der Waals surface area contributed by atoms with Gasteiger partial charge in [0, 0.05) is 17.0 Å². The Bertz CT molecular complexity index is 1210. The maximum absolute atomic E-state index is 13.4. The second-order valence-corrected chi connectivity index (χ2v) is 11.0. The third kappa shape index (κ3) is 3.75. The zero-order valence-electron chi connectivity index (χ0n) is 17.8. The van der Waals surface area contributed by atoms with Crippen LogP contribution in [0.1, 0.15) is 49.4 Å². The third-order valence-corrected chi connectivity index (χ3v) is 9.03. The van der Waals surface area contributed by atoms with E-state index < -0.39 is 11.5 Å². The first-order chi connectivity index (χ1) is 14.8. The van der Waals surface area contributed by atoms with Gasteiger partial charge in [0.05, 0.1) is 21.7 Å². The van der Waals surface area contributed by atoms with Crippen LogP contribution in [0.3, 0.4) is 0 Å². The van der Waals surface area contributed by atoms with Crippen LogP contribution in [0.2, 0.25) is 0 Å². The molecule has 0 unspecified atom stereocenters. The number of nitrogens with zero attached hydrogens (tertiary/aromatic N) is 1. The van der Waals surface area contributed by atoms with E-state index in [-0.39, 0.29) is 11.8 Å². The summed E-state index contributed by atoms with van der Waals surface area (Å²) in [6.45, 7) is 8.11. The van der Waals surface area contributed by atoms with Crippen molar-refractivity contribution in [3.63, 3.8) is 0 Å². The largest absolute Gasteiger partial charge is 0.423 e. The maximum Gasteiger partial charge on any atom is 0.343 e. The Morgan fingerprint density at radius 1 is 1.13 bits per heavy atom. The van der Waals surface area contributed by atoms with E-state index >= 15 is 0 Å². The Hall–Kier alpha value is -2.35. The number of anilines is 1. The van der Waals surface area contributed by atoms with Crippen LogP contribution in [0, 0.1) is 9.74 Å². The highest BCUT2D eigenvalue weighted by Gasteiger charge is 2.43. The fraction of sp³-hybridized carbons (Fsp3) is 0.292. The number of amides is 1. The second-order valence-electron chi connectivity index (χ2n) is 8.13. The van der Waals surface area contributed by atoms with Crippen molar-refractivity contribution in [3.05, 3.63) is 62.8 Å². The molecule has 1 amide bonds. The van der Waals surface area contributed by atoms with Crippen LogP contribution >= 0.6 is 32.9 Å². The highest BCUT2D eigenvalue weighted by atomic mass is 32.9. The second kappa shape index (κ2) is 8.30. The van der Waals surface area contributed by atoms with Crippen LogP contribution in [0.25, 0.3) is 11.1 Å². The average Bonchev–Trinajstić information content (AvgIpc) is 3.16. The minimum absolute atomic E-state index is 0.0812. The van der Waals surface area contributed by atoms with Crippen molar-refractivity contribution in [3.8, 4) is 16.9 Å². The molecule has 0 saturated heterocycles. The lowest BCUT2D eigenvalue weighted by Gasteiger charge is -2.44. The number of hydrogen-bond donors (Lipinski definition) is 0. The van der Waals surface area contributed by atoms with Gasteiger partial charge in [0.2, 0.25) is 5.91 Å². The van der Waals surface area contributed by atoms with Crippen LogP contribution in [0.15, 0.2) is 48.5 Å². The van der Waals surface area contributed by atoms with Crippen molar-refractivity contribution in [2.75, 3.05) is 4.90 Å². The summed E-state index contributed by atoms with van der Waals surface area (Å²) in [5.41, 5.74) is 2.59. The molecule has 2 heterocycles. The Balaban J connectivity index is 1.82. The number of hydrogen-bond acceptors (Lipinski definition) is 6. The zero-order valence-corrected chi connectivity index (χ0v) is 20.2. The van der Waals surface area contributed by atoms with E-state index in [9.17, 15) is 9.59 Å². The van der Waals surface area contributed by atoms with E-state index in [1.54, 1.807) is 51.0 Å². The van der Waals surface area contributed by atoms with Crippen molar-refractivity contribution in [1.82, 2.24) is 0 Å². The zero-order chi connectivity index (χ0) is 22.3. The van der Waals surface area contributed by atoms with Gasteiger partial charge in [-0.3, -0.25) is 4.79 Å². The SMILES string of the molecule is CC[C@H](C)C(=O)N1c2ccc(OC(=O)c3ccccc3)cc2-c2c(ssc2=S)C1(C)C. The molecule has 1 aliphatic rings. The van der Waals surface area contributed by atoms with Crippen LogP contribution in [0.5, 0.6) is 5.75 Å². The molecule has 4 rings (SSSR count). The average molecular weight is 470 g/mol. The van der Waals surface area contributed by atoms with Crippen molar-refractivity contribution in [2.24, 2.45) is 5.92 Å². The van der Waals surface area contributed by atoms with Gasteiger partial charge in [0.25, 0.3) is 0 Å². The standard InChI is InChI=1S/C24H23NO3S3/c1-5-14(2)21(26)25-18-12-11-16(28-22(27)15-9-7-6-8-10-15)13-17(18)19-20(24(25,3)4)30-31-23(19)29/h6-14H,5H2,1-4H3/t14-/m0/s1. The van der Waals surface area contributed by atoms with E-state index in [0.717, 1.165) is 31.9 Å². The number of ether oxygens (including phenoxy) is 1. The van der Waals surface area contributed by atoms with E-state index in [4.69, 9.17) is 17.0 Å². The molecule has 1 aromatic heterocycles. The minimum Gasteiger partial charge on any atom is -0.423 e. The highest BCUT2D eigenvalue weighted by Crippen LogP contribution is 2.53. The predicted octanol–water partition coefficient (Wildman–Crippen LogP) is 7.05. The lowest BCUT2D eigenvalue weighted by Crippen LogP contribution is -2.49. The van der Waals surface area contributed by atoms with Gasteiger partial charge in [0.1, 0.15) is 9.57 Å². The molecule has 1 aliphatic heterocycles. The summed E-state index contributed by atoms with van der Waals surface area (Å²) in [6, 6.07) is 14.3. The van der Waals surface area contributed by atoms with Crippen molar-refractivity contribution in [1.29, 1.82) is 0 Å². The van der Waals surface area contributed by atoms with Gasteiger partial charge >= 0.3 is 5.97 Å². The van der Waals surface area contributed by atoms with Crippen LogP contribution in [-0.2, 0) is 10.3 Å². The summed E-state index contributed by atoms with van der Waals surface area (Å²) in [4.78, 5) is 28.9. The molecule has 0 spiro atoms. The van der Waals surface area contributed by atoms with Crippen LogP contribution < -0.4 is 9.64 Å². The number of fused-ring (bicyclic) bond motifs is 3. The number of carbonyl (C=O) groups is 2. The molecule has 7 heteroatoms. The molecular formula is C24H23NO3S3. The molecule has 0 saturated carbocycles. The Kier molecular flexibility index (Phi) is 5.85. The number of rotatable bonds is 4. The molecule has 0 aliphatic carbocycles. The van der Waals surface area contributed by atoms with Crippen molar-refractivity contribution in [2.45, 2.75) is 39.7 Å². The molecule has 0 fully saturated rings.